The van der Waals surface area contributed by atoms with E-state index >= 15 is 0 Å². The smallest absolute Gasteiger partial charge is 0.315 e. The molecule has 27 heavy (non-hydrogen) atoms. The van der Waals surface area contributed by atoms with Crippen LogP contribution >= 0.6 is 11.3 Å². The number of thiazole rings is 1. The number of fused-ring (bicyclic) bond motifs is 4. The molecule has 2 aromatic rings. The first-order valence-corrected chi connectivity index (χ1v) is 10.7. The third-order valence-corrected chi connectivity index (χ3v) is 7.67. The van der Waals surface area contributed by atoms with Crippen molar-refractivity contribution in [1.29, 1.82) is 0 Å². The van der Waals surface area contributed by atoms with Gasteiger partial charge < -0.3 is 8.98 Å². The molecule has 5 rings (SSSR count). The highest BCUT2D eigenvalue weighted by Gasteiger charge is 2.39. The molecule has 5 heterocycles. The van der Waals surface area contributed by atoms with Gasteiger partial charge in [0.25, 0.3) is 0 Å². The number of likely N-dealkylation sites (N-methyl/N-ethyl adjacent to an activating group) is 1. The molecular weight excluding hydrogens is 360 g/mol. The van der Waals surface area contributed by atoms with Gasteiger partial charge in [0.1, 0.15) is 5.76 Å². The number of aromatic nitrogens is 1. The third-order valence-electron chi connectivity index (χ3n) is 6.40. The van der Waals surface area contributed by atoms with Crippen LogP contribution in [0.2, 0.25) is 0 Å². The van der Waals surface area contributed by atoms with Gasteiger partial charge in [-0.3, -0.25) is 14.6 Å². The van der Waals surface area contributed by atoms with Crippen molar-refractivity contribution in [3.8, 4) is 0 Å². The first-order chi connectivity index (χ1) is 13.1. The van der Waals surface area contributed by atoms with E-state index in [4.69, 9.17) is 4.42 Å². The van der Waals surface area contributed by atoms with Crippen LogP contribution < -0.4 is 4.80 Å². The molecule has 2 bridgehead atoms. The summed E-state index contributed by atoms with van der Waals surface area (Å²) in [5.74, 6) is 0.911. The zero-order chi connectivity index (χ0) is 18.5. The lowest BCUT2D eigenvalue weighted by atomic mass is 10.1. The van der Waals surface area contributed by atoms with E-state index in [1.165, 1.54) is 36.3 Å². The van der Waals surface area contributed by atoms with Crippen molar-refractivity contribution >= 4 is 17.2 Å². The Bertz CT molecular complexity index is 934. The van der Waals surface area contributed by atoms with Crippen LogP contribution in [0.4, 0.5) is 0 Å². The number of furan rings is 1. The normalized spacial score (nSPS) is 26.1. The Labute approximate surface area is 163 Å². The summed E-state index contributed by atoms with van der Waals surface area (Å²) >= 11 is 1.66. The lowest BCUT2D eigenvalue weighted by Crippen LogP contribution is -2.34. The van der Waals surface area contributed by atoms with Gasteiger partial charge in [-0.25, -0.2) is 0 Å². The molecule has 2 atom stereocenters. The predicted molar refractivity (Wildman–Crippen MR) is 104 cm³/mol. The second-order valence-electron chi connectivity index (χ2n) is 8.04. The molecule has 0 saturated carbocycles. The maximum Gasteiger partial charge on any atom is 0.315 e. The van der Waals surface area contributed by atoms with Crippen molar-refractivity contribution in [2.75, 3.05) is 20.1 Å². The van der Waals surface area contributed by atoms with Crippen LogP contribution in [0.5, 0.6) is 0 Å². The molecule has 0 aromatic carbocycles. The molecule has 0 N–H and O–H groups in total. The molecule has 2 fully saturated rings. The fourth-order valence-electron chi connectivity index (χ4n) is 4.78. The average molecular weight is 387 g/mol. The fraction of sp³-hybridized carbons (Fsp3) is 0.600. The van der Waals surface area contributed by atoms with Gasteiger partial charge >= 0.3 is 5.91 Å². The summed E-state index contributed by atoms with van der Waals surface area (Å²) in [6.07, 6.45) is 6.02. The van der Waals surface area contributed by atoms with E-state index in [-0.39, 0.29) is 5.91 Å². The third kappa shape index (κ3) is 3.02. The van der Waals surface area contributed by atoms with Crippen LogP contribution in [0.3, 0.4) is 0 Å². The minimum Gasteiger partial charge on any atom is -0.454 e. The van der Waals surface area contributed by atoms with Crippen LogP contribution in [0.15, 0.2) is 21.5 Å². The van der Waals surface area contributed by atoms with Crippen LogP contribution in [-0.4, -0.2) is 46.5 Å². The number of nitrogens with zero attached hydrogens (tertiary/aromatic N) is 4. The first kappa shape index (κ1) is 17.4. The summed E-state index contributed by atoms with van der Waals surface area (Å²) in [6, 6.07) is 4.80. The molecular formula is C20H26N4O2S. The van der Waals surface area contributed by atoms with Crippen LogP contribution in [0.1, 0.15) is 58.6 Å². The Morgan fingerprint density at radius 2 is 2.07 bits per heavy atom. The summed E-state index contributed by atoms with van der Waals surface area (Å²) in [7, 11) is 4.25. The van der Waals surface area contributed by atoms with Crippen molar-refractivity contribution < 1.29 is 9.21 Å². The van der Waals surface area contributed by atoms with Gasteiger partial charge in [0, 0.05) is 36.1 Å². The Morgan fingerprint density at radius 3 is 2.89 bits per heavy atom. The lowest BCUT2D eigenvalue weighted by molar-refractivity contribution is 0.0968. The van der Waals surface area contributed by atoms with Gasteiger partial charge in [0.2, 0.25) is 0 Å². The fourth-order valence-corrected chi connectivity index (χ4v) is 6.11. The van der Waals surface area contributed by atoms with E-state index in [0.717, 1.165) is 36.6 Å². The van der Waals surface area contributed by atoms with Gasteiger partial charge in [-0.05, 0) is 58.0 Å². The van der Waals surface area contributed by atoms with E-state index < -0.39 is 0 Å². The van der Waals surface area contributed by atoms with Gasteiger partial charge in [0.15, 0.2) is 10.6 Å². The molecule has 6 nitrogen and oxygen atoms in total. The lowest BCUT2D eigenvalue weighted by Gasteiger charge is -2.30. The highest BCUT2D eigenvalue weighted by molar-refractivity contribution is 7.09. The average Bonchev–Trinajstić information content (AvgIpc) is 3.41. The number of rotatable bonds is 3. The SMILES string of the molecule is CN1C2CCC1c1sc(=NC(=O)c3ccc(CN4CCCC4)o3)n(C)c1C2. The maximum atomic E-state index is 12.7. The molecule has 0 aliphatic carbocycles. The first-order valence-electron chi connectivity index (χ1n) is 9.91. The van der Waals surface area contributed by atoms with Crippen molar-refractivity contribution in [3.63, 3.8) is 0 Å². The standard InChI is InChI=1S/C20H26N4O2S/c1-22-13-5-7-15(22)18-16(11-13)23(2)20(27-18)21-19(25)17-8-6-14(26-17)12-24-9-3-4-10-24/h6,8,13,15H,3-5,7,9-12H2,1-2H3. The number of hydrogen-bond acceptors (Lipinski definition) is 5. The van der Waals surface area contributed by atoms with Gasteiger partial charge in [-0.15, -0.1) is 0 Å². The topological polar surface area (TPSA) is 54.0 Å². The second kappa shape index (κ2) is 6.72. The van der Waals surface area contributed by atoms with Crippen molar-refractivity contribution in [1.82, 2.24) is 14.4 Å². The summed E-state index contributed by atoms with van der Waals surface area (Å²) in [5.41, 5.74) is 1.35. The van der Waals surface area contributed by atoms with Gasteiger partial charge in [-0.1, -0.05) is 11.3 Å². The Hall–Kier alpha value is -1.70. The molecule has 2 unspecified atom stereocenters. The monoisotopic (exact) mass is 386 g/mol. The minimum absolute atomic E-state index is 0.282. The molecule has 0 spiro atoms. The molecule has 2 aromatic heterocycles. The molecule has 1 amide bonds. The van der Waals surface area contributed by atoms with Crippen molar-refractivity contribution in [2.24, 2.45) is 12.0 Å². The molecule has 3 aliphatic rings. The highest BCUT2D eigenvalue weighted by atomic mass is 32.1. The Morgan fingerprint density at radius 1 is 1.26 bits per heavy atom. The summed E-state index contributed by atoms with van der Waals surface area (Å²) in [5, 5.41) is 0. The minimum atomic E-state index is -0.282. The molecule has 2 saturated heterocycles. The molecule has 0 radical (unpaired) electrons. The summed E-state index contributed by atoms with van der Waals surface area (Å²) in [4.78, 5) is 24.1. The quantitative estimate of drug-likeness (QED) is 0.814. The van der Waals surface area contributed by atoms with Crippen LogP contribution in [-0.2, 0) is 20.0 Å². The van der Waals surface area contributed by atoms with Gasteiger partial charge in [-0.2, -0.15) is 4.99 Å². The number of carbonyl (C=O) groups is 1. The molecule has 144 valence electrons. The van der Waals surface area contributed by atoms with Crippen molar-refractivity contribution in [3.05, 3.63) is 39.0 Å². The largest absolute Gasteiger partial charge is 0.454 e. The Balaban J connectivity index is 1.39. The predicted octanol–water partition coefficient (Wildman–Crippen LogP) is 2.71. The number of carbonyl (C=O) groups excluding carboxylic acids is 1. The van der Waals surface area contributed by atoms with E-state index in [1.807, 2.05) is 13.1 Å². The zero-order valence-corrected chi connectivity index (χ0v) is 16.8. The van der Waals surface area contributed by atoms with Gasteiger partial charge in [0.05, 0.1) is 6.54 Å². The Kier molecular flexibility index (Phi) is 4.33. The summed E-state index contributed by atoms with van der Waals surface area (Å²) < 4.78 is 7.91. The molecule has 7 heteroatoms. The van der Waals surface area contributed by atoms with Crippen LogP contribution in [0.25, 0.3) is 0 Å². The van der Waals surface area contributed by atoms with Crippen molar-refractivity contribution in [2.45, 2.75) is 50.7 Å². The van der Waals surface area contributed by atoms with E-state index in [1.54, 1.807) is 17.4 Å². The highest BCUT2D eigenvalue weighted by Crippen LogP contribution is 2.43. The zero-order valence-electron chi connectivity index (χ0n) is 16.0. The molecule has 3 aliphatic heterocycles. The summed E-state index contributed by atoms with van der Waals surface area (Å²) in [6.45, 7) is 3.01. The number of likely N-dealkylation sites (tertiary alicyclic amines) is 1. The van der Waals surface area contributed by atoms with E-state index in [9.17, 15) is 4.79 Å². The number of hydrogen-bond donors (Lipinski definition) is 0. The second-order valence-corrected chi connectivity index (χ2v) is 9.05. The maximum absolute atomic E-state index is 12.7. The van der Waals surface area contributed by atoms with Crippen LogP contribution in [0, 0.1) is 0 Å². The van der Waals surface area contributed by atoms with E-state index in [0.29, 0.717) is 17.8 Å². The number of amides is 1. The van der Waals surface area contributed by atoms with E-state index in [2.05, 4.69) is 26.4 Å².